The average Bonchev–Trinajstić information content (AvgIpc) is 2.47. The molecule has 0 aromatic heterocycles. The number of aryl methyl sites for hydroxylation is 1. The van der Waals surface area contributed by atoms with Crippen molar-refractivity contribution in [2.75, 3.05) is 6.54 Å². The van der Waals surface area contributed by atoms with Crippen LogP contribution in [0.3, 0.4) is 0 Å². The van der Waals surface area contributed by atoms with Crippen LogP contribution in [-0.2, 0) is 0 Å². The van der Waals surface area contributed by atoms with Gasteiger partial charge in [-0.05, 0) is 57.0 Å². The summed E-state index contributed by atoms with van der Waals surface area (Å²) >= 11 is 5.41. The second-order valence-corrected chi connectivity index (χ2v) is 5.76. The number of hydrogen-bond donors (Lipinski definition) is 1. The molecule has 1 amide bonds. The van der Waals surface area contributed by atoms with Crippen LogP contribution in [0.1, 0.15) is 48.5 Å². The lowest BCUT2D eigenvalue weighted by Crippen LogP contribution is -2.49. The number of thiocarbonyl (C=S) groups is 1. The predicted octanol–water partition coefficient (Wildman–Crippen LogP) is 3.27. The SMILES string of the molecule is CC[C@@H]1CCCCN1C(=S)NC(=O)c1ccc(C)cc1. The van der Waals surface area contributed by atoms with Gasteiger partial charge in [0.25, 0.3) is 5.91 Å². The van der Waals surface area contributed by atoms with E-state index < -0.39 is 0 Å². The van der Waals surface area contributed by atoms with E-state index in [1.807, 2.05) is 31.2 Å². The van der Waals surface area contributed by atoms with Crippen LogP contribution >= 0.6 is 12.2 Å². The van der Waals surface area contributed by atoms with E-state index in [-0.39, 0.29) is 5.91 Å². The van der Waals surface area contributed by atoms with Crippen molar-refractivity contribution in [2.45, 2.75) is 45.6 Å². The van der Waals surface area contributed by atoms with Crippen molar-refractivity contribution < 1.29 is 4.79 Å². The van der Waals surface area contributed by atoms with Gasteiger partial charge in [-0.15, -0.1) is 0 Å². The summed E-state index contributed by atoms with van der Waals surface area (Å²) in [5.41, 5.74) is 1.80. The van der Waals surface area contributed by atoms with Gasteiger partial charge in [-0.2, -0.15) is 0 Å². The molecule has 1 fully saturated rings. The highest BCUT2D eigenvalue weighted by atomic mass is 32.1. The van der Waals surface area contributed by atoms with Crippen molar-refractivity contribution >= 4 is 23.2 Å². The number of amides is 1. The first-order valence-electron chi connectivity index (χ1n) is 7.30. The standard InChI is InChI=1S/C16H22N2OS/c1-3-14-6-4-5-11-18(14)16(20)17-15(19)13-9-7-12(2)8-10-13/h7-10,14H,3-6,11H2,1-2H3,(H,17,19,20)/t14-/m1/s1. The minimum absolute atomic E-state index is 0.115. The number of rotatable bonds is 2. The van der Waals surface area contributed by atoms with Gasteiger partial charge in [-0.25, -0.2) is 0 Å². The number of likely N-dealkylation sites (tertiary alicyclic amines) is 1. The summed E-state index contributed by atoms with van der Waals surface area (Å²) in [6.07, 6.45) is 4.64. The Morgan fingerprint density at radius 3 is 2.70 bits per heavy atom. The molecule has 0 saturated carbocycles. The largest absolute Gasteiger partial charge is 0.346 e. The quantitative estimate of drug-likeness (QED) is 0.848. The molecule has 20 heavy (non-hydrogen) atoms. The first-order chi connectivity index (χ1) is 9.61. The summed E-state index contributed by atoms with van der Waals surface area (Å²) < 4.78 is 0. The van der Waals surface area contributed by atoms with E-state index in [4.69, 9.17) is 12.2 Å². The molecule has 0 unspecified atom stereocenters. The lowest BCUT2D eigenvalue weighted by atomic mass is 10.0. The molecule has 0 radical (unpaired) electrons. The molecule has 3 nitrogen and oxygen atoms in total. The third-order valence-electron chi connectivity index (χ3n) is 3.89. The van der Waals surface area contributed by atoms with Gasteiger partial charge >= 0.3 is 0 Å². The highest BCUT2D eigenvalue weighted by Crippen LogP contribution is 2.19. The van der Waals surface area contributed by atoms with E-state index >= 15 is 0 Å². The third kappa shape index (κ3) is 3.57. The molecule has 2 rings (SSSR count). The van der Waals surface area contributed by atoms with Crippen LogP contribution < -0.4 is 5.32 Å². The van der Waals surface area contributed by atoms with Gasteiger partial charge in [0.1, 0.15) is 0 Å². The molecule has 0 spiro atoms. The fourth-order valence-electron chi connectivity index (χ4n) is 2.64. The van der Waals surface area contributed by atoms with Gasteiger partial charge in [0.2, 0.25) is 0 Å². The van der Waals surface area contributed by atoms with E-state index in [1.165, 1.54) is 6.42 Å². The fraction of sp³-hybridized carbons (Fsp3) is 0.500. The number of carbonyl (C=O) groups is 1. The number of nitrogens with one attached hydrogen (secondary N) is 1. The van der Waals surface area contributed by atoms with E-state index in [9.17, 15) is 4.79 Å². The Balaban J connectivity index is 1.99. The normalized spacial score (nSPS) is 18.7. The van der Waals surface area contributed by atoms with Crippen LogP contribution in [0.2, 0.25) is 0 Å². The van der Waals surface area contributed by atoms with E-state index in [2.05, 4.69) is 17.1 Å². The average molecular weight is 290 g/mol. The molecule has 1 aliphatic rings. The van der Waals surface area contributed by atoms with Crippen LogP contribution in [0.4, 0.5) is 0 Å². The minimum Gasteiger partial charge on any atom is -0.346 e. The number of benzene rings is 1. The van der Waals surface area contributed by atoms with Gasteiger partial charge in [-0.3, -0.25) is 10.1 Å². The van der Waals surface area contributed by atoms with Crippen molar-refractivity contribution in [2.24, 2.45) is 0 Å². The molecule has 1 heterocycles. The van der Waals surface area contributed by atoms with Crippen LogP contribution in [0.25, 0.3) is 0 Å². The Morgan fingerprint density at radius 2 is 2.05 bits per heavy atom. The molecule has 1 aromatic carbocycles. The molecular weight excluding hydrogens is 268 g/mol. The maximum atomic E-state index is 12.2. The Hall–Kier alpha value is -1.42. The lowest BCUT2D eigenvalue weighted by Gasteiger charge is -2.37. The Labute approximate surface area is 126 Å². The smallest absolute Gasteiger partial charge is 0.257 e. The topological polar surface area (TPSA) is 32.3 Å². The summed E-state index contributed by atoms with van der Waals surface area (Å²) in [4.78, 5) is 14.4. The van der Waals surface area contributed by atoms with E-state index in [0.717, 1.165) is 31.4 Å². The van der Waals surface area contributed by atoms with Crippen molar-refractivity contribution in [3.8, 4) is 0 Å². The van der Waals surface area contributed by atoms with Crippen LogP contribution in [0.15, 0.2) is 24.3 Å². The van der Waals surface area contributed by atoms with Crippen molar-refractivity contribution in [1.82, 2.24) is 10.2 Å². The molecule has 4 heteroatoms. The van der Waals surface area contributed by atoms with Gasteiger partial charge in [-0.1, -0.05) is 24.6 Å². The summed E-state index contributed by atoms with van der Waals surface area (Å²) in [6, 6.07) is 8.01. The second kappa shape index (κ2) is 6.84. The van der Waals surface area contributed by atoms with Gasteiger partial charge in [0.05, 0.1) is 0 Å². The van der Waals surface area contributed by atoms with Crippen LogP contribution in [0.5, 0.6) is 0 Å². The number of piperidine rings is 1. The van der Waals surface area contributed by atoms with Crippen LogP contribution in [-0.4, -0.2) is 28.5 Å². The molecule has 0 aliphatic carbocycles. The number of hydrogen-bond acceptors (Lipinski definition) is 2. The van der Waals surface area contributed by atoms with Crippen molar-refractivity contribution in [1.29, 1.82) is 0 Å². The molecule has 0 bridgehead atoms. The molecule has 1 saturated heterocycles. The highest BCUT2D eigenvalue weighted by Gasteiger charge is 2.24. The Morgan fingerprint density at radius 1 is 1.35 bits per heavy atom. The number of carbonyl (C=O) groups excluding carboxylic acids is 1. The summed E-state index contributed by atoms with van der Waals surface area (Å²) in [6.45, 7) is 5.13. The van der Waals surface area contributed by atoms with E-state index in [0.29, 0.717) is 16.7 Å². The summed E-state index contributed by atoms with van der Waals surface area (Å²) in [5, 5.41) is 3.44. The summed E-state index contributed by atoms with van der Waals surface area (Å²) in [7, 11) is 0. The number of nitrogens with zero attached hydrogens (tertiary/aromatic N) is 1. The van der Waals surface area contributed by atoms with Gasteiger partial charge < -0.3 is 4.90 Å². The van der Waals surface area contributed by atoms with Gasteiger partial charge in [0.15, 0.2) is 5.11 Å². The predicted molar refractivity (Wildman–Crippen MR) is 85.9 cm³/mol. The molecule has 1 aromatic rings. The molecule has 1 atom stereocenters. The molecule has 108 valence electrons. The zero-order valence-corrected chi connectivity index (χ0v) is 13.0. The van der Waals surface area contributed by atoms with Crippen molar-refractivity contribution in [3.63, 3.8) is 0 Å². The zero-order valence-electron chi connectivity index (χ0n) is 12.2. The molecular formula is C16H22N2OS. The lowest BCUT2D eigenvalue weighted by molar-refractivity contribution is 0.0969. The maximum Gasteiger partial charge on any atom is 0.257 e. The maximum absolute atomic E-state index is 12.2. The third-order valence-corrected chi connectivity index (χ3v) is 4.23. The first-order valence-corrected chi connectivity index (χ1v) is 7.71. The first kappa shape index (κ1) is 15.0. The summed E-state index contributed by atoms with van der Waals surface area (Å²) in [5.74, 6) is -0.115. The monoisotopic (exact) mass is 290 g/mol. The zero-order chi connectivity index (χ0) is 14.5. The van der Waals surface area contributed by atoms with Crippen molar-refractivity contribution in [3.05, 3.63) is 35.4 Å². The highest BCUT2D eigenvalue weighted by molar-refractivity contribution is 7.80. The molecule has 1 N–H and O–H groups in total. The molecule has 1 aliphatic heterocycles. The fourth-order valence-corrected chi connectivity index (χ4v) is 2.97. The minimum atomic E-state index is -0.115. The van der Waals surface area contributed by atoms with Gasteiger partial charge in [0, 0.05) is 18.2 Å². The Kier molecular flexibility index (Phi) is 5.12. The second-order valence-electron chi connectivity index (χ2n) is 5.38. The Bertz CT molecular complexity index is 484. The van der Waals surface area contributed by atoms with E-state index in [1.54, 1.807) is 0 Å². The van der Waals surface area contributed by atoms with Crippen LogP contribution in [0, 0.1) is 6.92 Å².